The van der Waals surface area contributed by atoms with Gasteiger partial charge in [0.2, 0.25) is 0 Å². The molecule has 0 aliphatic heterocycles. The molecule has 0 aromatic heterocycles. The molecule has 0 radical (unpaired) electrons. The maximum atomic E-state index is 9.75. The normalized spacial score (nSPS) is 9.89. The molecule has 0 spiro atoms. The molecule has 9 heavy (non-hydrogen) atoms. The molecule has 0 aromatic carbocycles. The van der Waals surface area contributed by atoms with Crippen molar-refractivity contribution >= 4 is 5.97 Å². The number of aliphatic carboxylic acids is 1. The first-order valence-electron chi connectivity index (χ1n) is 2.29. The van der Waals surface area contributed by atoms with Gasteiger partial charge in [-0.25, -0.2) is 4.79 Å². The molecule has 0 aliphatic rings. The van der Waals surface area contributed by atoms with Gasteiger partial charge >= 0.3 is 5.97 Å². The predicted molar refractivity (Wildman–Crippen MR) is 31.6 cm³/mol. The number of carboxylic acid groups (broad SMARTS) is 1. The standard InChI is InChI=1S/C6H8O2.Fe/c1-2-3-4-5-6(7)8;/h2-5H,1H3,(H,7,8);. The number of hydrogen-bond acceptors (Lipinski definition) is 1. The van der Waals surface area contributed by atoms with Crippen LogP contribution in [0.2, 0.25) is 0 Å². The summed E-state index contributed by atoms with van der Waals surface area (Å²) in [5.41, 5.74) is 0. The molecule has 0 aliphatic carbocycles. The molecule has 3 heteroatoms. The van der Waals surface area contributed by atoms with E-state index in [0.29, 0.717) is 0 Å². The quantitative estimate of drug-likeness (QED) is 0.382. The Bertz CT molecular complexity index is 127. The molecule has 0 amide bonds. The monoisotopic (exact) mass is 168 g/mol. The first-order chi connectivity index (χ1) is 3.77. The molecule has 2 nitrogen and oxygen atoms in total. The van der Waals surface area contributed by atoms with Gasteiger partial charge in [0.15, 0.2) is 0 Å². The van der Waals surface area contributed by atoms with Crippen molar-refractivity contribution in [1.29, 1.82) is 0 Å². The molecule has 0 aromatic rings. The molecule has 0 saturated heterocycles. The second-order valence-electron chi connectivity index (χ2n) is 1.22. The van der Waals surface area contributed by atoms with E-state index in [1.54, 1.807) is 12.2 Å². The minimum Gasteiger partial charge on any atom is -0.478 e. The Labute approximate surface area is 64.7 Å². The van der Waals surface area contributed by atoms with E-state index in [-0.39, 0.29) is 17.1 Å². The van der Waals surface area contributed by atoms with Gasteiger partial charge in [-0.1, -0.05) is 18.2 Å². The van der Waals surface area contributed by atoms with Gasteiger partial charge in [0, 0.05) is 23.1 Å². The molecular weight excluding hydrogens is 160 g/mol. The van der Waals surface area contributed by atoms with Gasteiger partial charge in [0.25, 0.3) is 0 Å². The van der Waals surface area contributed by atoms with Gasteiger partial charge in [-0.3, -0.25) is 0 Å². The summed E-state index contributed by atoms with van der Waals surface area (Å²) in [7, 11) is 0. The number of allylic oxidation sites excluding steroid dienone is 3. The smallest absolute Gasteiger partial charge is 0.328 e. The van der Waals surface area contributed by atoms with Crippen molar-refractivity contribution in [3.05, 3.63) is 24.3 Å². The topological polar surface area (TPSA) is 37.3 Å². The van der Waals surface area contributed by atoms with Crippen LogP contribution in [0.5, 0.6) is 0 Å². The molecule has 0 bridgehead atoms. The fourth-order valence-electron chi connectivity index (χ4n) is 0.249. The third-order valence-electron chi connectivity index (χ3n) is 0.542. The average molecular weight is 168 g/mol. The summed E-state index contributed by atoms with van der Waals surface area (Å²) < 4.78 is 0. The molecule has 52 valence electrons. The average Bonchev–Trinajstić information content (AvgIpc) is 1.66. The largest absolute Gasteiger partial charge is 0.478 e. The van der Waals surface area contributed by atoms with Crippen LogP contribution in [0.1, 0.15) is 6.92 Å². The Hall–Kier alpha value is -0.531. The van der Waals surface area contributed by atoms with Crippen molar-refractivity contribution in [3.8, 4) is 0 Å². The second kappa shape index (κ2) is 7.47. The van der Waals surface area contributed by atoms with E-state index in [4.69, 9.17) is 5.11 Å². The van der Waals surface area contributed by atoms with Crippen LogP contribution >= 0.6 is 0 Å². The molecule has 0 rings (SSSR count). The zero-order valence-corrected chi connectivity index (χ0v) is 6.12. The maximum Gasteiger partial charge on any atom is 0.328 e. The Balaban J connectivity index is 0. The Morgan fingerprint density at radius 2 is 2.00 bits per heavy atom. The van der Waals surface area contributed by atoms with Crippen molar-refractivity contribution < 1.29 is 27.0 Å². The summed E-state index contributed by atoms with van der Waals surface area (Å²) >= 11 is 0. The molecule has 0 saturated carbocycles. The van der Waals surface area contributed by atoms with Crippen molar-refractivity contribution in [3.63, 3.8) is 0 Å². The molecule has 0 atom stereocenters. The van der Waals surface area contributed by atoms with Crippen LogP contribution < -0.4 is 0 Å². The summed E-state index contributed by atoms with van der Waals surface area (Å²) in [6.07, 6.45) is 5.98. The van der Waals surface area contributed by atoms with Crippen LogP contribution in [0.4, 0.5) is 0 Å². The summed E-state index contributed by atoms with van der Waals surface area (Å²) in [4.78, 5) is 9.75. The zero-order chi connectivity index (χ0) is 6.41. The van der Waals surface area contributed by atoms with Gasteiger partial charge in [0.1, 0.15) is 0 Å². The van der Waals surface area contributed by atoms with E-state index in [1.807, 2.05) is 6.92 Å². The summed E-state index contributed by atoms with van der Waals surface area (Å²) in [6.45, 7) is 1.83. The van der Waals surface area contributed by atoms with Gasteiger partial charge < -0.3 is 5.11 Å². The van der Waals surface area contributed by atoms with E-state index in [9.17, 15) is 4.79 Å². The Morgan fingerprint density at radius 1 is 1.44 bits per heavy atom. The summed E-state index contributed by atoms with van der Waals surface area (Å²) in [5.74, 6) is -0.914. The van der Waals surface area contributed by atoms with E-state index >= 15 is 0 Å². The predicted octanol–water partition coefficient (Wildman–Crippen LogP) is 1.20. The summed E-state index contributed by atoms with van der Waals surface area (Å²) in [6, 6.07) is 0. The second-order valence-corrected chi connectivity index (χ2v) is 1.22. The third kappa shape index (κ3) is 11.2. The fourth-order valence-corrected chi connectivity index (χ4v) is 0.249. The van der Waals surface area contributed by atoms with Crippen LogP contribution in [0.25, 0.3) is 0 Å². The minimum atomic E-state index is -0.914. The first kappa shape index (κ1) is 11.3. The Kier molecular flexibility index (Phi) is 9.37. The van der Waals surface area contributed by atoms with E-state index in [1.165, 1.54) is 6.08 Å². The molecule has 0 heterocycles. The van der Waals surface area contributed by atoms with Crippen molar-refractivity contribution in [2.75, 3.05) is 0 Å². The minimum absolute atomic E-state index is 0. The van der Waals surface area contributed by atoms with Gasteiger partial charge in [0.05, 0.1) is 0 Å². The fraction of sp³-hybridized carbons (Fsp3) is 0.167. The van der Waals surface area contributed by atoms with Crippen molar-refractivity contribution in [2.45, 2.75) is 6.92 Å². The van der Waals surface area contributed by atoms with E-state index < -0.39 is 5.97 Å². The number of carbonyl (C=O) groups is 1. The van der Waals surface area contributed by atoms with Gasteiger partial charge in [-0.05, 0) is 6.92 Å². The van der Waals surface area contributed by atoms with Gasteiger partial charge in [-0.2, -0.15) is 0 Å². The van der Waals surface area contributed by atoms with Crippen LogP contribution in [-0.2, 0) is 21.9 Å². The molecule has 0 unspecified atom stereocenters. The maximum absolute atomic E-state index is 9.75. The van der Waals surface area contributed by atoms with Crippen LogP contribution in [0.15, 0.2) is 24.3 Å². The Morgan fingerprint density at radius 3 is 2.33 bits per heavy atom. The van der Waals surface area contributed by atoms with E-state index in [2.05, 4.69) is 0 Å². The molecule has 0 fully saturated rings. The number of rotatable bonds is 2. The SMILES string of the molecule is CC=CC=CC(=O)O.[Fe]. The van der Waals surface area contributed by atoms with Gasteiger partial charge in [-0.15, -0.1) is 0 Å². The van der Waals surface area contributed by atoms with Crippen molar-refractivity contribution in [2.24, 2.45) is 0 Å². The van der Waals surface area contributed by atoms with Crippen molar-refractivity contribution in [1.82, 2.24) is 0 Å². The number of hydrogen-bond donors (Lipinski definition) is 1. The summed E-state index contributed by atoms with van der Waals surface area (Å²) in [5, 5.41) is 8.02. The molecule has 1 N–H and O–H groups in total. The van der Waals surface area contributed by atoms with Crippen LogP contribution in [0, 0.1) is 0 Å². The zero-order valence-electron chi connectivity index (χ0n) is 5.02. The van der Waals surface area contributed by atoms with Crippen LogP contribution in [0.3, 0.4) is 0 Å². The number of carboxylic acids is 1. The first-order valence-corrected chi connectivity index (χ1v) is 2.29. The van der Waals surface area contributed by atoms with Crippen LogP contribution in [-0.4, -0.2) is 11.1 Å². The third-order valence-corrected chi connectivity index (χ3v) is 0.542. The van der Waals surface area contributed by atoms with E-state index in [0.717, 1.165) is 6.08 Å². The molecular formula is C6H8FeO2.